The van der Waals surface area contributed by atoms with E-state index < -0.39 is 4.33 Å². The fourth-order valence-corrected chi connectivity index (χ4v) is 1.83. The molecule has 0 aliphatic heterocycles. The lowest BCUT2D eigenvalue weighted by Crippen LogP contribution is -2.21. The zero-order valence-corrected chi connectivity index (χ0v) is 10.0. The first-order chi connectivity index (χ1) is 7.57. The summed E-state index contributed by atoms with van der Waals surface area (Å²) in [6.07, 6.45) is 3.74. The van der Waals surface area contributed by atoms with Crippen LogP contribution >= 0.6 is 23.2 Å². The predicted molar refractivity (Wildman–Crippen MR) is 66.5 cm³/mol. The van der Waals surface area contributed by atoms with Crippen LogP contribution in [0.1, 0.15) is 6.42 Å². The smallest absolute Gasteiger partial charge is 0.145 e. The van der Waals surface area contributed by atoms with E-state index in [1.54, 1.807) is 12.2 Å². The number of nitrogens with two attached hydrogens (primary N) is 1. The van der Waals surface area contributed by atoms with Crippen molar-refractivity contribution in [3.63, 3.8) is 0 Å². The Morgan fingerprint density at radius 2 is 1.88 bits per heavy atom. The lowest BCUT2D eigenvalue weighted by molar-refractivity contribution is 0.430. The van der Waals surface area contributed by atoms with E-state index in [2.05, 4.69) is 0 Å². The van der Waals surface area contributed by atoms with E-state index in [0.29, 0.717) is 17.9 Å². The van der Waals surface area contributed by atoms with Gasteiger partial charge in [0.05, 0.1) is 5.70 Å². The van der Waals surface area contributed by atoms with Crippen molar-refractivity contribution in [1.29, 1.82) is 0 Å². The Kier molecular flexibility index (Phi) is 3.13. The summed E-state index contributed by atoms with van der Waals surface area (Å²) in [6.45, 7) is 0. The molecule has 2 nitrogen and oxygen atoms in total. The topological polar surface area (TPSA) is 35.2 Å². The lowest BCUT2D eigenvalue weighted by Gasteiger charge is -2.21. The van der Waals surface area contributed by atoms with Crippen molar-refractivity contribution in [3.05, 3.63) is 53.9 Å². The van der Waals surface area contributed by atoms with E-state index in [-0.39, 0.29) is 0 Å². The quantitative estimate of drug-likeness (QED) is 0.823. The summed E-state index contributed by atoms with van der Waals surface area (Å²) in [5.74, 6) is 1.34. The molecule has 0 unspecified atom stereocenters. The summed E-state index contributed by atoms with van der Waals surface area (Å²) >= 11 is 11.9. The number of ether oxygens (including phenoxy) is 1. The van der Waals surface area contributed by atoms with Crippen molar-refractivity contribution in [2.24, 2.45) is 5.73 Å². The standard InChI is InChI=1S/C12H11Cl2NO/c13-12(14)7-6-11(10(15)8-12)16-9-4-2-1-3-5-9/h1-7H,8,15H2. The summed E-state index contributed by atoms with van der Waals surface area (Å²) < 4.78 is 4.69. The first kappa shape index (κ1) is 11.4. The average molecular weight is 256 g/mol. The first-order valence-electron chi connectivity index (χ1n) is 4.85. The van der Waals surface area contributed by atoms with Crippen LogP contribution in [0.15, 0.2) is 53.9 Å². The van der Waals surface area contributed by atoms with Crippen molar-refractivity contribution < 1.29 is 4.74 Å². The number of rotatable bonds is 2. The summed E-state index contributed by atoms with van der Waals surface area (Å²) in [5, 5.41) is 0. The number of alkyl halides is 2. The lowest BCUT2D eigenvalue weighted by atomic mass is 10.1. The molecule has 0 amide bonds. The molecule has 0 bridgehead atoms. The van der Waals surface area contributed by atoms with Gasteiger partial charge in [0.2, 0.25) is 0 Å². The molecule has 2 N–H and O–H groups in total. The van der Waals surface area contributed by atoms with Gasteiger partial charge in [-0.2, -0.15) is 0 Å². The molecule has 0 fully saturated rings. The molecule has 0 aromatic heterocycles. The van der Waals surface area contributed by atoms with Crippen molar-refractivity contribution in [2.75, 3.05) is 0 Å². The van der Waals surface area contributed by atoms with Crippen molar-refractivity contribution in [3.8, 4) is 5.75 Å². The van der Waals surface area contributed by atoms with Gasteiger partial charge in [0.25, 0.3) is 0 Å². The van der Waals surface area contributed by atoms with Gasteiger partial charge >= 0.3 is 0 Å². The van der Waals surface area contributed by atoms with Gasteiger partial charge in [0, 0.05) is 6.42 Å². The van der Waals surface area contributed by atoms with E-state index >= 15 is 0 Å². The van der Waals surface area contributed by atoms with E-state index in [9.17, 15) is 0 Å². The van der Waals surface area contributed by atoms with Crippen LogP contribution < -0.4 is 10.5 Å². The molecular weight excluding hydrogens is 245 g/mol. The molecule has 0 saturated heterocycles. The van der Waals surface area contributed by atoms with Gasteiger partial charge in [-0.25, -0.2) is 0 Å². The SMILES string of the molecule is NC1=C(Oc2ccccc2)C=CC(Cl)(Cl)C1. The van der Waals surface area contributed by atoms with E-state index in [0.717, 1.165) is 5.75 Å². The zero-order valence-electron chi connectivity index (χ0n) is 8.49. The molecule has 0 spiro atoms. The number of allylic oxidation sites excluding steroid dienone is 3. The number of benzene rings is 1. The Morgan fingerprint density at radius 3 is 2.50 bits per heavy atom. The minimum atomic E-state index is -0.923. The highest BCUT2D eigenvalue weighted by Crippen LogP contribution is 2.34. The van der Waals surface area contributed by atoms with Crippen LogP contribution in [-0.2, 0) is 0 Å². The minimum absolute atomic E-state index is 0.370. The Bertz CT molecular complexity index is 438. The second-order valence-corrected chi connectivity index (χ2v) is 5.12. The van der Waals surface area contributed by atoms with Gasteiger partial charge in [-0.15, -0.1) is 0 Å². The largest absolute Gasteiger partial charge is 0.456 e. The highest BCUT2D eigenvalue weighted by molar-refractivity contribution is 6.50. The molecule has 84 valence electrons. The van der Waals surface area contributed by atoms with Gasteiger partial charge in [0.15, 0.2) is 0 Å². The number of halogens is 2. The van der Waals surface area contributed by atoms with Gasteiger partial charge < -0.3 is 10.5 Å². The van der Waals surface area contributed by atoms with Crippen LogP contribution in [0.2, 0.25) is 0 Å². The van der Waals surface area contributed by atoms with E-state index in [4.69, 9.17) is 33.7 Å². The maximum atomic E-state index is 5.94. The molecular formula is C12H11Cl2NO. The Balaban J connectivity index is 2.16. The van der Waals surface area contributed by atoms with Crippen molar-refractivity contribution in [2.45, 2.75) is 10.8 Å². The molecule has 16 heavy (non-hydrogen) atoms. The molecule has 1 aromatic rings. The van der Waals surface area contributed by atoms with Gasteiger partial charge in [-0.3, -0.25) is 0 Å². The second kappa shape index (κ2) is 4.40. The Labute approximate surface area is 104 Å². The third-order valence-corrected chi connectivity index (χ3v) is 2.71. The zero-order chi connectivity index (χ0) is 11.6. The number of hydrogen-bond donors (Lipinski definition) is 1. The average Bonchev–Trinajstić information content (AvgIpc) is 2.23. The molecule has 1 aliphatic rings. The maximum Gasteiger partial charge on any atom is 0.145 e. The van der Waals surface area contributed by atoms with Crippen LogP contribution in [0.4, 0.5) is 0 Å². The summed E-state index contributed by atoms with van der Waals surface area (Å²) in [4.78, 5) is 0. The fraction of sp³-hybridized carbons (Fsp3) is 0.167. The molecule has 4 heteroatoms. The van der Waals surface area contributed by atoms with Gasteiger partial charge in [0.1, 0.15) is 15.8 Å². The second-order valence-electron chi connectivity index (χ2n) is 3.58. The Morgan fingerprint density at radius 1 is 1.19 bits per heavy atom. The van der Waals surface area contributed by atoms with Crippen LogP contribution in [0, 0.1) is 0 Å². The molecule has 2 rings (SSSR count). The molecule has 0 radical (unpaired) electrons. The van der Waals surface area contributed by atoms with Crippen molar-refractivity contribution >= 4 is 23.2 Å². The van der Waals surface area contributed by atoms with Crippen LogP contribution in [0.25, 0.3) is 0 Å². The highest BCUT2D eigenvalue weighted by Gasteiger charge is 2.26. The number of para-hydroxylation sites is 1. The third-order valence-electron chi connectivity index (χ3n) is 2.19. The third kappa shape index (κ3) is 2.71. The van der Waals surface area contributed by atoms with Gasteiger partial charge in [-0.1, -0.05) is 41.4 Å². The van der Waals surface area contributed by atoms with E-state index in [1.807, 2.05) is 30.3 Å². The normalized spacial score (nSPS) is 18.6. The molecule has 1 aromatic carbocycles. The van der Waals surface area contributed by atoms with Gasteiger partial charge in [-0.05, 0) is 24.3 Å². The number of hydrogen-bond acceptors (Lipinski definition) is 2. The van der Waals surface area contributed by atoms with Crippen molar-refractivity contribution in [1.82, 2.24) is 0 Å². The summed E-state index contributed by atoms with van der Waals surface area (Å²) in [6, 6.07) is 9.43. The Hall–Kier alpha value is -1.12. The van der Waals surface area contributed by atoms with E-state index in [1.165, 1.54) is 0 Å². The minimum Gasteiger partial charge on any atom is -0.456 e. The summed E-state index contributed by atoms with van der Waals surface area (Å²) in [5.41, 5.74) is 6.39. The fourth-order valence-electron chi connectivity index (χ4n) is 1.42. The monoisotopic (exact) mass is 255 g/mol. The summed E-state index contributed by atoms with van der Waals surface area (Å²) in [7, 11) is 0. The molecule has 0 saturated carbocycles. The molecule has 0 atom stereocenters. The van der Waals surface area contributed by atoms with Crippen LogP contribution in [0.5, 0.6) is 5.75 Å². The van der Waals surface area contributed by atoms with Crippen LogP contribution in [-0.4, -0.2) is 4.33 Å². The highest BCUT2D eigenvalue weighted by atomic mass is 35.5. The predicted octanol–water partition coefficient (Wildman–Crippen LogP) is 3.37. The van der Waals surface area contributed by atoms with Crippen LogP contribution in [0.3, 0.4) is 0 Å². The first-order valence-corrected chi connectivity index (χ1v) is 5.61. The maximum absolute atomic E-state index is 5.94. The molecule has 1 aliphatic carbocycles. The molecule has 0 heterocycles.